The van der Waals surface area contributed by atoms with Crippen molar-refractivity contribution in [3.8, 4) is 0 Å². The van der Waals surface area contributed by atoms with E-state index < -0.39 is 0 Å². The first-order valence-electron chi connectivity index (χ1n) is 8.63. The quantitative estimate of drug-likeness (QED) is 0.549. The molecule has 0 aliphatic carbocycles. The van der Waals surface area contributed by atoms with Gasteiger partial charge in [-0.05, 0) is 24.7 Å². The second-order valence-electron chi connectivity index (χ2n) is 6.08. The van der Waals surface area contributed by atoms with E-state index in [2.05, 4.69) is 27.7 Å². The number of nitrogens with two attached hydrogens (primary N) is 1. The number of hydrogen-bond donors (Lipinski definition) is 1. The summed E-state index contributed by atoms with van der Waals surface area (Å²) in [7, 11) is 0. The van der Waals surface area contributed by atoms with E-state index in [4.69, 9.17) is 5.73 Å². The van der Waals surface area contributed by atoms with Crippen molar-refractivity contribution in [1.29, 1.82) is 0 Å². The molecule has 0 spiro atoms. The molecule has 0 radical (unpaired) electrons. The maximum absolute atomic E-state index is 11.7. The van der Waals surface area contributed by atoms with Gasteiger partial charge in [-0.2, -0.15) is 0 Å². The predicted octanol–water partition coefficient (Wildman–Crippen LogP) is 4.80. The molecule has 0 saturated heterocycles. The van der Waals surface area contributed by atoms with Gasteiger partial charge in [0.1, 0.15) is 0 Å². The third kappa shape index (κ3) is 8.44. The summed E-state index contributed by atoms with van der Waals surface area (Å²) >= 11 is 0. The van der Waals surface area contributed by atoms with E-state index >= 15 is 0 Å². The van der Waals surface area contributed by atoms with Crippen LogP contribution in [-0.4, -0.2) is 24.0 Å². The molecule has 0 fully saturated rings. The van der Waals surface area contributed by atoms with Crippen molar-refractivity contribution in [2.24, 2.45) is 17.6 Å². The van der Waals surface area contributed by atoms with E-state index in [1.807, 2.05) is 4.90 Å². The van der Waals surface area contributed by atoms with Gasteiger partial charge in [-0.25, -0.2) is 4.79 Å². The number of nitrogens with zero attached hydrogens (tertiary/aromatic N) is 1. The summed E-state index contributed by atoms with van der Waals surface area (Å²) in [6.45, 7) is 10.6. The Labute approximate surface area is 126 Å². The lowest BCUT2D eigenvalue weighted by atomic mass is 9.96. The van der Waals surface area contributed by atoms with Gasteiger partial charge in [0.2, 0.25) is 0 Å². The molecule has 0 aromatic carbocycles. The van der Waals surface area contributed by atoms with Gasteiger partial charge in [0.25, 0.3) is 0 Å². The molecule has 0 heterocycles. The van der Waals surface area contributed by atoms with Gasteiger partial charge in [-0.3, -0.25) is 0 Å². The number of primary amides is 1. The summed E-state index contributed by atoms with van der Waals surface area (Å²) in [4.78, 5) is 13.6. The molecule has 2 atom stereocenters. The minimum atomic E-state index is -0.241. The van der Waals surface area contributed by atoms with E-state index in [0.717, 1.165) is 25.9 Å². The van der Waals surface area contributed by atoms with Crippen molar-refractivity contribution in [2.45, 2.75) is 79.1 Å². The summed E-state index contributed by atoms with van der Waals surface area (Å²) in [5.74, 6) is 1.21. The standard InChI is InChI=1S/C17H36N2O/c1-5-9-11-15(7-3)13-19(17(18)20)14-16(8-4)12-10-6-2/h15-16H,5-14H2,1-4H3,(H2,18,20). The van der Waals surface area contributed by atoms with Crippen molar-refractivity contribution >= 4 is 6.03 Å². The molecule has 0 saturated carbocycles. The van der Waals surface area contributed by atoms with Crippen molar-refractivity contribution in [2.75, 3.05) is 13.1 Å². The molecule has 2 N–H and O–H groups in total. The monoisotopic (exact) mass is 284 g/mol. The minimum absolute atomic E-state index is 0.241. The van der Waals surface area contributed by atoms with Crippen LogP contribution in [0.2, 0.25) is 0 Å². The molecule has 120 valence electrons. The smallest absolute Gasteiger partial charge is 0.314 e. The number of amides is 2. The van der Waals surface area contributed by atoms with E-state index in [9.17, 15) is 4.79 Å². The van der Waals surface area contributed by atoms with E-state index in [-0.39, 0.29) is 6.03 Å². The molecular weight excluding hydrogens is 248 g/mol. The highest BCUT2D eigenvalue weighted by Crippen LogP contribution is 2.18. The van der Waals surface area contributed by atoms with Crippen LogP contribution in [0, 0.1) is 11.8 Å². The summed E-state index contributed by atoms with van der Waals surface area (Å²) < 4.78 is 0. The summed E-state index contributed by atoms with van der Waals surface area (Å²) in [6.07, 6.45) is 9.63. The molecule has 0 aromatic heterocycles. The highest BCUT2D eigenvalue weighted by Gasteiger charge is 2.19. The van der Waals surface area contributed by atoms with E-state index in [1.165, 1.54) is 38.5 Å². The minimum Gasteiger partial charge on any atom is -0.351 e. The number of rotatable bonds is 12. The molecule has 2 unspecified atom stereocenters. The fourth-order valence-corrected chi connectivity index (χ4v) is 2.71. The molecule has 0 bridgehead atoms. The Hall–Kier alpha value is -0.730. The Bertz CT molecular complexity index is 225. The average molecular weight is 284 g/mol. The van der Waals surface area contributed by atoms with Gasteiger partial charge in [0.15, 0.2) is 0 Å². The molecule has 20 heavy (non-hydrogen) atoms. The fraction of sp³-hybridized carbons (Fsp3) is 0.941. The molecule has 3 heteroatoms. The highest BCUT2D eigenvalue weighted by molar-refractivity contribution is 5.72. The Kier molecular flexibility index (Phi) is 11.6. The predicted molar refractivity (Wildman–Crippen MR) is 87.8 cm³/mol. The van der Waals surface area contributed by atoms with Crippen LogP contribution < -0.4 is 5.73 Å². The zero-order valence-electron chi connectivity index (χ0n) is 14.2. The molecule has 2 amide bonds. The summed E-state index contributed by atoms with van der Waals surface area (Å²) in [6, 6.07) is -0.241. The van der Waals surface area contributed by atoms with Crippen LogP contribution in [0.3, 0.4) is 0 Å². The van der Waals surface area contributed by atoms with E-state index in [1.54, 1.807) is 0 Å². The SMILES string of the molecule is CCCCC(CC)CN(CC(CC)CCCC)C(N)=O. The van der Waals surface area contributed by atoms with E-state index in [0.29, 0.717) is 11.8 Å². The molecular formula is C17H36N2O. The zero-order chi connectivity index (χ0) is 15.4. The van der Waals surface area contributed by atoms with Crippen molar-refractivity contribution in [3.05, 3.63) is 0 Å². The van der Waals surface area contributed by atoms with Crippen molar-refractivity contribution in [1.82, 2.24) is 4.90 Å². The van der Waals surface area contributed by atoms with Gasteiger partial charge >= 0.3 is 6.03 Å². The largest absolute Gasteiger partial charge is 0.351 e. The van der Waals surface area contributed by atoms with Crippen LogP contribution in [-0.2, 0) is 0 Å². The van der Waals surface area contributed by atoms with Gasteiger partial charge < -0.3 is 10.6 Å². The third-order valence-electron chi connectivity index (χ3n) is 4.36. The zero-order valence-corrected chi connectivity index (χ0v) is 14.2. The molecule has 0 aromatic rings. The van der Waals surface area contributed by atoms with Crippen LogP contribution in [0.25, 0.3) is 0 Å². The normalized spacial score (nSPS) is 14.0. The second kappa shape index (κ2) is 12.0. The van der Waals surface area contributed by atoms with Crippen LogP contribution in [0.5, 0.6) is 0 Å². The summed E-state index contributed by atoms with van der Waals surface area (Å²) in [5, 5.41) is 0. The third-order valence-corrected chi connectivity index (χ3v) is 4.36. The average Bonchev–Trinajstić information content (AvgIpc) is 2.45. The maximum Gasteiger partial charge on any atom is 0.314 e. The number of hydrogen-bond acceptors (Lipinski definition) is 1. The fourth-order valence-electron chi connectivity index (χ4n) is 2.71. The Balaban J connectivity index is 4.41. The van der Waals surface area contributed by atoms with Crippen molar-refractivity contribution in [3.63, 3.8) is 0 Å². The summed E-state index contributed by atoms with van der Waals surface area (Å²) in [5.41, 5.74) is 5.59. The second-order valence-corrected chi connectivity index (χ2v) is 6.08. The lowest BCUT2D eigenvalue weighted by Gasteiger charge is -2.29. The Morgan fingerprint density at radius 3 is 1.55 bits per heavy atom. The molecule has 3 nitrogen and oxygen atoms in total. The lowest BCUT2D eigenvalue weighted by Crippen LogP contribution is -2.42. The number of carbonyl (C=O) groups excluding carboxylic acids is 1. The lowest BCUT2D eigenvalue weighted by molar-refractivity contribution is 0.177. The van der Waals surface area contributed by atoms with Crippen LogP contribution in [0.1, 0.15) is 79.1 Å². The van der Waals surface area contributed by atoms with Gasteiger partial charge in [-0.15, -0.1) is 0 Å². The van der Waals surface area contributed by atoms with Gasteiger partial charge in [0, 0.05) is 13.1 Å². The first-order valence-corrected chi connectivity index (χ1v) is 8.63. The van der Waals surface area contributed by atoms with Gasteiger partial charge in [0.05, 0.1) is 0 Å². The first kappa shape index (κ1) is 19.3. The topological polar surface area (TPSA) is 46.3 Å². The molecule has 0 aliphatic rings. The first-order chi connectivity index (χ1) is 9.58. The van der Waals surface area contributed by atoms with Crippen LogP contribution in [0.15, 0.2) is 0 Å². The van der Waals surface area contributed by atoms with Crippen LogP contribution in [0.4, 0.5) is 4.79 Å². The van der Waals surface area contributed by atoms with Crippen LogP contribution >= 0.6 is 0 Å². The van der Waals surface area contributed by atoms with Crippen molar-refractivity contribution < 1.29 is 4.79 Å². The highest BCUT2D eigenvalue weighted by atomic mass is 16.2. The van der Waals surface area contributed by atoms with Gasteiger partial charge in [-0.1, -0.05) is 66.2 Å². The molecule has 0 aliphatic heterocycles. The number of carbonyl (C=O) groups is 1. The Morgan fingerprint density at radius 2 is 1.30 bits per heavy atom. The Morgan fingerprint density at radius 1 is 0.900 bits per heavy atom. The number of unbranched alkanes of at least 4 members (excludes halogenated alkanes) is 2. The molecule has 0 rings (SSSR count). The maximum atomic E-state index is 11.7. The number of urea groups is 1.